The maximum atomic E-state index is 11.1. The van der Waals surface area contributed by atoms with E-state index in [0.717, 1.165) is 31.4 Å². The van der Waals surface area contributed by atoms with Crippen LogP contribution in [0.2, 0.25) is 0 Å². The maximum Gasteiger partial charge on any atom is 0.354 e. The molecule has 0 radical (unpaired) electrons. The summed E-state index contributed by atoms with van der Waals surface area (Å²) in [5, 5.41) is 10.3. The highest BCUT2D eigenvalue weighted by Crippen LogP contribution is 2.33. The van der Waals surface area contributed by atoms with E-state index in [1.54, 1.807) is 0 Å². The van der Waals surface area contributed by atoms with Gasteiger partial charge in [-0.25, -0.2) is 14.8 Å². The summed E-state index contributed by atoms with van der Waals surface area (Å²) in [5.74, 6) is -0.0579. The Hall–Kier alpha value is -2.96. The monoisotopic (exact) mass is 323 g/mol. The molecule has 2 N–H and O–H groups in total. The molecule has 0 aliphatic carbocycles. The summed E-state index contributed by atoms with van der Waals surface area (Å²) >= 11 is 0. The molecule has 4 heterocycles. The standard InChI is InChI=1S/C17H17N5O2/c23-16(24)14-2-6-19-17(21-14)22-7-3-11(4-8-22)13-9-20-15-10-18-5-1-12(13)15/h1-2,5-6,9-11,20H,3-4,7-8H2,(H,23,24). The lowest BCUT2D eigenvalue weighted by Crippen LogP contribution is -2.34. The van der Waals surface area contributed by atoms with Gasteiger partial charge in [-0.2, -0.15) is 0 Å². The van der Waals surface area contributed by atoms with Gasteiger partial charge in [-0.05, 0) is 36.5 Å². The molecule has 7 heteroatoms. The number of nitrogens with one attached hydrogen (secondary N) is 1. The van der Waals surface area contributed by atoms with E-state index in [-0.39, 0.29) is 5.69 Å². The van der Waals surface area contributed by atoms with Crippen molar-refractivity contribution in [2.24, 2.45) is 0 Å². The number of aromatic nitrogens is 4. The number of pyridine rings is 1. The minimum absolute atomic E-state index is 0.0336. The van der Waals surface area contributed by atoms with Gasteiger partial charge in [-0.15, -0.1) is 0 Å². The Bertz CT molecular complexity index is 883. The predicted octanol–water partition coefficient (Wildman–Crippen LogP) is 2.44. The van der Waals surface area contributed by atoms with Crippen LogP contribution in [-0.2, 0) is 0 Å². The van der Waals surface area contributed by atoms with E-state index >= 15 is 0 Å². The van der Waals surface area contributed by atoms with Crippen LogP contribution in [0.4, 0.5) is 5.95 Å². The average Bonchev–Trinajstić information content (AvgIpc) is 3.06. The van der Waals surface area contributed by atoms with Crippen molar-refractivity contribution in [3.63, 3.8) is 0 Å². The fraction of sp³-hybridized carbons (Fsp3) is 0.294. The number of hydrogen-bond acceptors (Lipinski definition) is 5. The van der Waals surface area contributed by atoms with Gasteiger partial charge in [-0.3, -0.25) is 4.98 Å². The first-order chi connectivity index (χ1) is 11.7. The fourth-order valence-corrected chi connectivity index (χ4v) is 3.34. The van der Waals surface area contributed by atoms with Gasteiger partial charge in [0.2, 0.25) is 5.95 Å². The van der Waals surface area contributed by atoms with Crippen LogP contribution in [0.15, 0.2) is 36.9 Å². The highest BCUT2D eigenvalue weighted by Gasteiger charge is 2.24. The fourth-order valence-electron chi connectivity index (χ4n) is 3.34. The van der Waals surface area contributed by atoms with Crippen molar-refractivity contribution < 1.29 is 9.90 Å². The SMILES string of the molecule is O=C(O)c1ccnc(N2CCC(c3c[nH]c4cnccc34)CC2)n1. The highest BCUT2D eigenvalue weighted by molar-refractivity contribution is 5.85. The molecule has 3 aromatic rings. The first-order valence-corrected chi connectivity index (χ1v) is 7.94. The molecular formula is C17H17N5O2. The molecule has 0 unspecified atom stereocenters. The van der Waals surface area contributed by atoms with Crippen LogP contribution >= 0.6 is 0 Å². The lowest BCUT2D eigenvalue weighted by molar-refractivity contribution is 0.0690. The number of aromatic amines is 1. The topological polar surface area (TPSA) is 95.0 Å². The van der Waals surface area contributed by atoms with Crippen molar-refractivity contribution in [1.29, 1.82) is 0 Å². The summed E-state index contributed by atoms with van der Waals surface area (Å²) in [4.78, 5) is 28.9. The number of piperidine rings is 1. The molecule has 1 saturated heterocycles. The number of rotatable bonds is 3. The Labute approximate surface area is 138 Å². The van der Waals surface area contributed by atoms with Gasteiger partial charge in [0.1, 0.15) is 0 Å². The number of hydrogen-bond donors (Lipinski definition) is 2. The molecule has 0 saturated carbocycles. The van der Waals surface area contributed by atoms with Crippen molar-refractivity contribution in [3.8, 4) is 0 Å². The molecule has 122 valence electrons. The minimum Gasteiger partial charge on any atom is -0.477 e. The summed E-state index contributed by atoms with van der Waals surface area (Å²) < 4.78 is 0. The van der Waals surface area contributed by atoms with E-state index in [1.165, 1.54) is 23.2 Å². The van der Waals surface area contributed by atoms with E-state index in [1.807, 2.05) is 18.5 Å². The summed E-state index contributed by atoms with van der Waals surface area (Å²) in [6.07, 6.45) is 9.21. The Morgan fingerprint density at radius 3 is 2.88 bits per heavy atom. The molecule has 0 amide bonds. The molecule has 0 atom stereocenters. The molecule has 0 aromatic carbocycles. The number of carbonyl (C=O) groups is 1. The minimum atomic E-state index is -1.03. The number of fused-ring (bicyclic) bond motifs is 1. The van der Waals surface area contributed by atoms with Crippen LogP contribution in [0.25, 0.3) is 10.9 Å². The molecule has 7 nitrogen and oxygen atoms in total. The third-order valence-corrected chi connectivity index (χ3v) is 4.59. The molecule has 3 aromatic heterocycles. The van der Waals surface area contributed by atoms with Crippen molar-refractivity contribution in [2.45, 2.75) is 18.8 Å². The number of anilines is 1. The second-order valence-corrected chi connectivity index (χ2v) is 5.97. The maximum absolute atomic E-state index is 11.1. The molecule has 1 aliphatic rings. The van der Waals surface area contributed by atoms with Gasteiger partial charge in [0, 0.05) is 37.1 Å². The normalized spacial score (nSPS) is 15.8. The summed E-state index contributed by atoms with van der Waals surface area (Å²) in [6, 6.07) is 3.46. The van der Waals surface area contributed by atoms with E-state index in [9.17, 15) is 4.79 Å². The van der Waals surface area contributed by atoms with Gasteiger partial charge in [0.15, 0.2) is 5.69 Å². The van der Waals surface area contributed by atoms with Gasteiger partial charge >= 0.3 is 5.97 Å². The van der Waals surface area contributed by atoms with Gasteiger partial charge in [-0.1, -0.05) is 0 Å². The van der Waals surface area contributed by atoms with E-state index in [2.05, 4.69) is 31.0 Å². The Morgan fingerprint density at radius 2 is 2.08 bits per heavy atom. The van der Waals surface area contributed by atoms with E-state index in [4.69, 9.17) is 5.11 Å². The van der Waals surface area contributed by atoms with Crippen LogP contribution in [0.5, 0.6) is 0 Å². The number of aromatic carboxylic acids is 1. The first-order valence-electron chi connectivity index (χ1n) is 7.94. The molecular weight excluding hydrogens is 306 g/mol. The number of carboxylic acid groups (broad SMARTS) is 1. The van der Waals surface area contributed by atoms with Gasteiger partial charge in [0.25, 0.3) is 0 Å². The molecule has 1 fully saturated rings. The number of H-pyrrole nitrogens is 1. The molecule has 24 heavy (non-hydrogen) atoms. The van der Waals surface area contributed by atoms with Gasteiger partial charge < -0.3 is 15.0 Å². The molecule has 4 rings (SSSR count). The third kappa shape index (κ3) is 2.58. The summed E-state index contributed by atoms with van der Waals surface area (Å²) in [7, 11) is 0. The lowest BCUT2D eigenvalue weighted by atomic mass is 9.89. The zero-order valence-corrected chi connectivity index (χ0v) is 13.0. The number of nitrogens with zero attached hydrogens (tertiary/aromatic N) is 4. The second-order valence-electron chi connectivity index (χ2n) is 5.97. The zero-order chi connectivity index (χ0) is 16.5. The molecule has 0 bridgehead atoms. The third-order valence-electron chi connectivity index (χ3n) is 4.59. The Kier molecular flexibility index (Phi) is 3.60. The lowest BCUT2D eigenvalue weighted by Gasteiger charge is -2.32. The highest BCUT2D eigenvalue weighted by atomic mass is 16.4. The Morgan fingerprint density at radius 1 is 1.25 bits per heavy atom. The first kappa shape index (κ1) is 14.6. The van der Waals surface area contributed by atoms with Crippen LogP contribution in [-0.4, -0.2) is 44.1 Å². The largest absolute Gasteiger partial charge is 0.477 e. The summed E-state index contributed by atoms with van der Waals surface area (Å²) in [6.45, 7) is 1.62. The molecule has 1 aliphatic heterocycles. The van der Waals surface area contributed by atoms with Crippen LogP contribution in [0, 0.1) is 0 Å². The Balaban J connectivity index is 1.51. The summed E-state index contributed by atoms with van der Waals surface area (Å²) in [5.41, 5.74) is 2.42. The zero-order valence-electron chi connectivity index (χ0n) is 13.0. The second kappa shape index (κ2) is 5.92. The van der Waals surface area contributed by atoms with Crippen LogP contribution in [0.3, 0.4) is 0 Å². The van der Waals surface area contributed by atoms with E-state index < -0.39 is 5.97 Å². The average molecular weight is 323 g/mol. The van der Waals surface area contributed by atoms with Crippen LogP contribution in [0.1, 0.15) is 34.8 Å². The van der Waals surface area contributed by atoms with Crippen molar-refractivity contribution >= 4 is 22.8 Å². The van der Waals surface area contributed by atoms with Crippen molar-refractivity contribution in [1.82, 2.24) is 19.9 Å². The van der Waals surface area contributed by atoms with Crippen molar-refractivity contribution in [2.75, 3.05) is 18.0 Å². The number of carboxylic acids is 1. The predicted molar refractivity (Wildman–Crippen MR) is 89.3 cm³/mol. The van der Waals surface area contributed by atoms with Crippen molar-refractivity contribution in [3.05, 3.63) is 48.2 Å². The smallest absolute Gasteiger partial charge is 0.354 e. The van der Waals surface area contributed by atoms with Crippen LogP contribution < -0.4 is 4.90 Å². The quantitative estimate of drug-likeness (QED) is 0.768. The molecule has 0 spiro atoms. The van der Waals surface area contributed by atoms with E-state index in [0.29, 0.717) is 11.9 Å². The van der Waals surface area contributed by atoms with Gasteiger partial charge in [0.05, 0.1) is 11.7 Å².